The highest BCUT2D eigenvalue weighted by molar-refractivity contribution is 4.88. The van der Waals surface area contributed by atoms with E-state index in [2.05, 4.69) is 18.7 Å². The number of aliphatic hydroxyl groups is 1. The van der Waals surface area contributed by atoms with Crippen molar-refractivity contribution in [3.8, 4) is 0 Å². The van der Waals surface area contributed by atoms with E-state index in [9.17, 15) is 5.11 Å². The topological polar surface area (TPSA) is 23.5 Å². The van der Waals surface area contributed by atoms with E-state index in [1.807, 2.05) is 0 Å². The number of likely N-dealkylation sites (tertiary alicyclic amines) is 1. The average Bonchev–Trinajstić information content (AvgIpc) is 2.57. The lowest BCUT2D eigenvalue weighted by molar-refractivity contribution is 0.0316. The first-order valence-electron chi connectivity index (χ1n) is 6.10. The summed E-state index contributed by atoms with van der Waals surface area (Å²) in [7, 11) is 0. The van der Waals surface area contributed by atoms with Crippen molar-refractivity contribution in [2.24, 2.45) is 11.8 Å². The molecule has 4 atom stereocenters. The minimum absolute atomic E-state index is 0.0457. The maximum absolute atomic E-state index is 9.85. The molecule has 2 nitrogen and oxygen atoms in total. The predicted octanol–water partition coefficient (Wildman–Crippen LogP) is 1.88. The lowest BCUT2D eigenvalue weighted by atomic mass is 9.87. The Hall–Kier alpha value is -0.0800. The first-order valence-corrected chi connectivity index (χ1v) is 6.10. The van der Waals surface area contributed by atoms with Gasteiger partial charge in [-0.25, -0.2) is 0 Å². The third-order valence-electron chi connectivity index (χ3n) is 4.28. The van der Waals surface area contributed by atoms with E-state index < -0.39 is 0 Å². The van der Waals surface area contributed by atoms with Gasteiger partial charge in [0.15, 0.2) is 0 Å². The molecule has 1 aliphatic carbocycles. The molecule has 82 valence electrons. The maximum atomic E-state index is 9.85. The fourth-order valence-electron chi connectivity index (χ4n) is 2.94. The van der Waals surface area contributed by atoms with Crippen LogP contribution in [0.15, 0.2) is 0 Å². The van der Waals surface area contributed by atoms with Crippen molar-refractivity contribution in [2.75, 3.05) is 13.1 Å². The number of rotatable bonds is 1. The van der Waals surface area contributed by atoms with E-state index in [0.717, 1.165) is 18.3 Å². The molecule has 0 aromatic carbocycles. The van der Waals surface area contributed by atoms with Crippen LogP contribution in [-0.4, -0.2) is 35.2 Å². The fourth-order valence-corrected chi connectivity index (χ4v) is 2.94. The lowest BCUT2D eigenvalue weighted by Gasteiger charge is -2.39. The van der Waals surface area contributed by atoms with Crippen molar-refractivity contribution in [1.29, 1.82) is 0 Å². The van der Waals surface area contributed by atoms with E-state index in [1.54, 1.807) is 0 Å². The Morgan fingerprint density at radius 2 is 1.86 bits per heavy atom. The molecule has 2 aliphatic rings. The molecule has 0 aromatic heterocycles. The van der Waals surface area contributed by atoms with Gasteiger partial charge in [0.1, 0.15) is 0 Å². The van der Waals surface area contributed by atoms with Crippen molar-refractivity contribution in [3.63, 3.8) is 0 Å². The Kier molecular flexibility index (Phi) is 3.13. The Bertz CT molecular complexity index is 195. The minimum Gasteiger partial charge on any atom is -0.391 e. The average molecular weight is 197 g/mol. The van der Waals surface area contributed by atoms with Crippen LogP contribution in [0.1, 0.15) is 39.5 Å². The summed E-state index contributed by atoms with van der Waals surface area (Å²) in [6, 6.07) is 0.477. The van der Waals surface area contributed by atoms with Gasteiger partial charge in [-0.15, -0.1) is 0 Å². The smallest absolute Gasteiger partial charge is 0.0695 e. The molecule has 2 heteroatoms. The maximum Gasteiger partial charge on any atom is 0.0695 e. The zero-order chi connectivity index (χ0) is 10.1. The van der Waals surface area contributed by atoms with Crippen molar-refractivity contribution in [1.82, 2.24) is 4.90 Å². The minimum atomic E-state index is -0.0457. The van der Waals surface area contributed by atoms with Gasteiger partial charge in [-0.2, -0.15) is 0 Å². The molecule has 0 radical (unpaired) electrons. The third kappa shape index (κ3) is 1.96. The first kappa shape index (κ1) is 10.4. The number of hydrogen-bond acceptors (Lipinski definition) is 2. The molecule has 4 unspecified atom stereocenters. The van der Waals surface area contributed by atoms with E-state index >= 15 is 0 Å². The van der Waals surface area contributed by atoms with Crippen molar-refractivity contribution in [3.05, 3.63) is 0 Å². The van der Waals surface area contributed by atoms with Gasteiger partial charge in [-0.1, -0.05) is 13.8 Å². The largest absolute Gasteiger partial charge is 0.391 e. The monoisotopic (exact) mass is 197 g/mol. The SMILES string of the molecule is CC1CCN(C2CCCC2O)CC1C. The van der Waals surface area contributed by atoms with Crippen LogP contribution in [-0.2, 0) is 0 Å². The van der Waals surface area contributed by atoms with E-state index in [0.29, 0.717) is 6.04 Å². The normalized spacial score (nSPS) is 45.6. The molecular formula is C12H23NO. The van der Waals surface area contributed by atoms with Gasteiger partial charge in [0.2, 0.25) is 0 Å². The van der Waals surface area contributed by atoms with Crippen LogP contribution in [0.4, 0.5) is 0 Å². The molecule has 2 fully saturated rings. The summed E-state index contributed by atoms with van der Waals surface area (Å²) in [4.78, 5) is 2.53. The molecule has 14 heavy (non-hydrogen) atoms. The van der Waals surface area contributed by atoms with E-state index in [4.69, 9.17) is 0 Å². The molecule has 1 aliphatic heterocycles. The van der Waals surface area contributed by atoms with Crippen molar-refractivity contribution < 1.29 is 5.11 Å². The van der Waals surface area contributed by atoms with Crippen LogP contribution in [0.5, 0.6) is 0 Å². The second-order valence-corrected chi connectivity index (χ2v) is 5.30. The zero-order valence-electron chi connectivity index (χ0n) is 9.45. The standard InChI is InChI=1S/C12H23NO/c1-9-6-7-13(8-10(9)2)11-4-3-5-12(11)14/h9-12,14H,3-8H2,1-2H3. The highest BCUT2D eigenvalue weighted by Crippen LogP contribution is 2.30. The van der Waals surface area contributed by atoms with Gasteiger partial charge in [0.25, 0.3) is 0 Å². The molecule has 0 spiro atoms. The molecule has 0 aromatic rings. The highest BCUT2D eigenvalue weighted by atomic mass is 16.3. The lowest BCUT2D eigenvalue weighted by Crippen LogP contribution is -2.47. The van der Waals surface area contributed by atoms with Gasteiger partial charge in [-0.05, 0) is 44.1 Å². The second kappa shape index (κ2) is 4.19. The molecule has 1 saturated carbocycles. The molecule has 0 bridgehead atoms. The van der Waals surface area contributed by atoms with Gasteiger partial charge in [0, 0.05) is 12.6 Å². The van der Waals surface area contributed by atoms with Gasteiger partial charge < -0.3 is 5.11 Å². The van der Waals surface area contributed by atoms with Crippen LogP contribution >= 0.6 is 0 Å². The van der Waals surface area contributed by atoms with Crippen LogP contribution in [0.2, 0.25) is 0 Å². The van der Waals surface area contributed by atoms with Crippen LogP contribution < -0.4 is 0 Å². The van der Waals surface area contributed by atoms with Crippen LogP contribution in [0, 0.1) is 11.8 Å². The molecule has 2 rings (SSSR count). The molecule has 1 saturated heterocycles. The zero-order valence-corrected chi connectivity index (χ0v) is 9.45. The van der Waals surface area contributed by atoms with Crippen LogP contribution in [0.25, 0.3) is 0 Å². The van der Waals surface area contributed by atoms with Crippen molar-refractivity contribution >= 4 is 0 Å². The van der Waals surface area contributed by atoms with Gasteiger partial charge in [-0.3, -0.25) is 4.90 Å². The Morgan fingerprint density at radius 3 is 2.43 bits per heavy atom. The highest BCUT2D eigenvalue weighted by Gasteiger charge is 2.34. The molecule has 0 amide bonds. The summed E-state index contributed by atoms with van der Waals surface area (Å²) >= 11 is 0. The second-order valence-electron chi connectivity index (χ2n) is 5.30. The molecular weight excluding hydrogens is 174 g/mol. The number of nitrogens with zero attached hydrogens (tertiary/aromatic N) is 1. The van der Waals surface area contributed by atoms with Gasteiger partial charge >= 0.3 is 0 Å². The number of aliphatic hydroxyl groups excluding tert-OH is 1. The fraction of sp³-hybridized carbons (Fsp3) is 1.00. The third-order valence-corrected chi connectivity index (χ3v) is 4.28. The molecule has 1 N–H and O–H groups in total. The van der Waals surface area contributed by atoms with E-state index in [-0.39, 0.29) is 6.10 Å². The summed E-state index contributed by atoms with van der Waals surface area (Å²) in [5.74, 6) is 1.67. The summed E-state index contributed by atoms with van der Waals surface area (Å²) in [6.07, 6.45) is 4.71. The predicted molar refractivity (Wildman–Crippen MR) is 58.2 cm³/mol. The first-order chi connectivity index (χ1) is 6.68. The van der Waals surface area contributed by atoms with Crippen molar-refractivity contribution in [2.45, 2.75) is 51.7 Å². The van der Waals surface area contributed by atoms with Crippen LogP contribution in [0.3, 0.4) is 0 Å². The Labute approximate surface area is 87.3 Å². The molecule has 1 heterocycles. The van der Waals surface area contributed by atoms with E-state index in [1.165, 1.54) is 32.4 Å². The number of hydrogen-bond donors (Lipinski definition) is 1. The summed E-state index contributed by atoms with van der Waals surface area (Å²) in [5, 5.41) is 9.85. The summed E-state index contributed by atoms with van der Waals surface area (Å²) in [5.41, 5.74) is 0. The summed E-state index contributed by atoms with van der Waals surface area (Å²) < 4.78 is 0. The van der Waals surface area contributed by atoms with Gasteiger partial charge in [0.05, 0.1) is 6.10 Å². The Morgan fingerprint density at radius 1 is 1.07 bits per heavy atom. The Balaban J connectivity index is 1.92. The number of piperidine rings is 1. The summed E-state index contributed by atoms with van der Waals surface area (Å²) in [6.45, 7) is 7.10. The quantitative estimate of drug-likeness (QED) is 0.694.